The quantitative estimate of drug-likeness (QED) is 0.810. The molecule has 0 fully saturated rings. The molecule has 17 heavy (non-hydrogen) atoms. The van der Waals surface area contributed by atoms with E-state index in [2.05, 4.69) is 51.2 Å². The van der Waals surface area contributed by atoms with Crippen molar-refractivity contribution < 1.29 is 4.74 Å². The molecule has 1 aromatic carbocycles. The van der Waals surface area contributed by atoms with Crippen LogP contribution in [0.4, 0.5) is 0 Å². The maximum atomic E-state index is 5.93. The summed E-state index contributed by atoms with van der Waals surface area (Å²) in [5.41, 5.74) is 1.27. The number of hydrogen-bond acceptors (Lipinski definition) is 2. The van der Waals surface area contributed by atoms with Gasteiger partial charge < -0.3 is 10.1 Å². The zero-order valence-corrected chi connectivity index (χ0v) is 11.7. The molecule has 0 saturated heterocycles. The molecule has 2 unspecified atom stereocenters. The minimum absolute atomic E-state index is 0.273. The lowest BCUT2D eigenvalue weighted by Gasteiger charge is -2.18. The van der Waals surface area contributed by atoms with Crippen molar-refractivity contribution >= 4 is 0 Å². The Hall–Kier alpha value is -1.02. The van der Waals surface area contributed by atoms with Gasteiger partial charge in [0.05, 0.1) is 6.10 Å². The van der Waals surface area contributed by atoms with E-state index in [-0.39, 0.29) is 6.10 Å². The molecular formula is C15H25NO. The molecule has 1 N–H and O–H groups in total. The molecule has 0 aliphatic heterocycles. The second-order valence-electron chi connectivity index (χ2n) is 5.14. The summed E-state index contributed by atoms with van der Waals surface area (Å²) in [5, 5.41) is 3.24. The van der Waals surface area contributed by atoms with Crippen LogP contribution in [0.2, 0.25) is 0 Å². The highest BCUT2D eigenvalue weighted by Gasteiger charge is 2.08. The smallest absolute Gasteiger partial charge is 0.120 e. The van der Waals surface area contributed by atoms with E-state index in [1.165, 1.54) is 5.56 Å². The SMILES string of the molecule is CNC(C)c1cccc(OC(C)CC(C)C)c1. The van der Waals surface area contributed by atoms with E-state index in [0.29, 0.717) is 12.0 Å². The molecule has 2 atom stereocenters. The molecule has 0 heterocycles. The number of benzene rings is 1. The molecule has 0 aliphatic carbocycles. The standard InChI is InChI=1S/C15H25NO/c1-11(2)9-12(3)17-15-8-6-7-14(10-15)13(4)16-5/h6-8,10-13,16H,9H2,1-5H3. The zero-order chi connectivity index (χ0) is 12.8. The minimum Gasteiger partial charge on any atom is -0.491 e. The average Bonchev–Trinajstić information content (AvgIpc) is 2.27. The van der Waals surface area contributed by atoms with Crippen molar-refractivity contribution in [2.75, 3.05) is 7.05 Å². The maximum Gasteiger partial charge on any atom is 0.120 e. The Bertz CT molecular complexity index is 335. The minimum atomic E-state index is 0.273. The maximum absolute atomic E-state index is 5.93. The van der Waals surface area contributed by atoms with Gasteiger partial charge in [-0.05, 0) is 50.9 Å². The van der Waals surface area contributed by atoms with Crippen LogP contribution in [0.5, 0.6) is 5.75 Å². The van der Waals surface area contributed by atoms with Gasteiger partial charge in [0, 0.05) is 6.04 Å². The largest absolute Gasteiger partial charge is 0.491 e. The molecule has 0 saturated carbocycles. The first-order valence-electron chi connectivity index (χ1n) is 6.46. The van der Waals surface area contributed by atoms with E-state index in [0.717, 1.165) is 12.2 Å². The van der Waals surface area contributed by atoms with Crippen LogP contribution < -0.4 is 10.1 Å². The second-order valence-corrected chi connectivity index (χ2v) is 5.14. The number of hydrogen-bond donors (Lipinski definition) is 1. The van der Waals surface area contributed by atoms with Gasteiger partial charge in [0.15, 0.2) is 0 Å². The molecule has 2 heteroatoms. The monoisotopic (exact) mass is 235 g/mol. The Morgan fingerprint density at radius 1 is 1.18 bits per heavy atom. The first-order chi connectivity index (χ1) is 8.02. The number of rotatable bonds is 6. The van der Waals surface area contributed by atoms with Crippen molar-refractivity contribution in [2.24, 2.45) is 5.92 Å². The fourth-order valence-electron chi connectivity index (χ4n) is 1.97. The lowest BCUT2D eigenvalue weighted by atomic mass is 10.1. The zero-order valence-electron chi connectivity index (χ0n) is 11.7. The van der Waals surface area contributed by atoms with Gasteiger partial charge in [-0.15, -0.1) is 0 Å². The lowest BCUT2D eigenvalue weighted by Crippen LogP contribution is -2.15. The summed E-state index contributed by atoms with van der Waals surface area (Å²) in [6.45, 7) is 8.73. The predicted molar refractivity (Wildman–Crippen MR) is 73.5 cm³/mol. The number of nitrogens with one attached hydrogen (secondary N) is 1. The highest BCUT2D eigenvalue weighted by molar-refractivity contribution is 5.30. The Kier molecular flexibility index (Phi) is 5.49. The Morgan fingerprint density at radius 2 is 1.88 bits per heavy atom. The molecule has 0 spiro atoms. The molecular weight excluding hydrogens is 210 g/mol. The van der Waals surface area contributed by atoms with Gasteiger partial charge in [0.25, 0.3) is 0 Å². The van der Waals surface area contributed by atoms with Crippen LogP contribution in [0.3, 0.4) is 0 Å². The average molecular weight is 235 g/mol. The van der Waals surface area contributed by atoms with E-state index in [1.54, 1.807) is 0 Å². The Labute approximate surface area is 105 Å². The van der Waals surface area contributed by atoms with E-state index in [4.69, 9.17) is 4.74 Å². The third-order valence-electron chi connectivity index (χ3n) is 2.93. The summed E-state index contributed by atoms with van der Waals surface area (Å²) >= 11 is 0. The molecule has 0 aliphatic rings. The molecule has 1 aromatic rings. The molecule has 0 bridgehead atoms. The van der Waals surface area contributed by atoms with Crippen molar-refractivity contribution in [3.05, 3.63) is 29.8 Å². The first-order valence-corrected chi connectivity index (χ1v) is 6.46. The van der Waals surface area contributed by atoms with Crippen molar-refractivity contribution in [3.63, 3.8) is 0 Å². The van der Waals surface area contributed by atoms with Gasteiger partial charge >= 0.3 is 0 Å². The van der Waals surface area contributed by atoms with Crippen LogP contribution in [0.25, 0.3) is 0 Å². The summed E-state index contributed by atoms with van der Waals surface area (Å²) in [4.78, 5) is 0. The van der Waals surface area contributed by atoms with Gasteiger partial charge in [-0.1, -0.05) is 26.0 Å². The van der Waals surface area contributed by atoms with Crippen LogP contribution in [0.1, 0.15) is 45.7 Å². The molecule has 0 radical (unpaired) electrons. The van der Waals surface area contributed by atoms with Crippen molar-refractivity contribution in [3.8, 4) is 5.75 Å². The third-order valence-corrected chi connectivity index (χ3v) is 2.93. The van der Waals surface area contributed by atoms with Crippen LogP contribution >= 0.6 is 0 Å². The lowest BCUT2D eigenvalue weighted by molar-refractivity contribution is 0.193. The molecule has 0 amide bonds. The Morgan fingerprint density at radius 3 is 2.47 bits per heavy atom. The molecule has 96 valence electrons. The van der Waals surface area contributed by atoms with E-state index >= 15 is 0 Å². The third kappa shape index (κ3) is 4.78. The molecule has 1 rings (SSSR count). The predicted octanol–water partition coefficient (Wildman–Crippen LogP) is 3.78. The highest BCUT2D eigenvalue weighted by atomic mass is 16.5. The fraction of sp³-hybridized carbons (Fsp3) is 0.600. The van der Waals surface area contributed by atoms with Crippen molar-refractivity contribution in [1.29, 1.82) is 0 Å². The van der Waals surface area contributed by atoms with Gasteiger partial charge in [-0.3, -0.25) is 0 Å². The first kappa shape index (κ1) is 14.0. The molecule has 0 aromatic heterocycles. The summed E-state index contributed by atoms with van der Waals surface area (Å²) < 4.78 is 5.93. The van der Waals surface area contributed by atoms with Crippen LogP contribution in [-0.4, -0.2) is 13.2 Å². The van der Waals surface area contributed by atoms with Gasteiger partial charge in [0.1, 0.15) is 5.75 Å². The van der Waals surface area contributed by atoms with Crippen LogP contribution in [-0.2, 0) is 0 Å². The second kappa shape index (κ2) is 6.65. The summed E-state index contributed by atoms with van der Waals surface area (Å²) in [6, 6.07) is 8.70. The van der Waals surface area contributed by atoms with E-state index < -0.39 is 0 Å². The summed E-state index contributed by atoms with van der Waals surface area (Å²) in [6.07, 6.45) is 1.36. The summed E-state index contributed by atoms with van der Waals surface area (Å²) in [7, 11) is 1.97. The highest BCUT2D eigenvalue weighted by Crippen LogP contribution is 2.21. The van der Waals surface area contributed by atoms with Crippen molar-refractivity contribution in [2.45, 2.75) is 46.3 Å². The normalized spacial score (nSPS) is 14.7. The topological polar surface area (TPSA) is 21.3 Å². The van der Waals surface area contributed by atoms with Crippen LogP contribution in [0, 0.1) is 5.92 Å². The van der Waals surface area contributed by atoms with Gasteiger partial charge in [0.2, 0.25) is 0 Å². The van der Waals surface area contributed by atoms with Crippen LogP contribution in [0.15, 0.2) is 24.3 Å². The molecule has 2 nitrogen and oxygen atoms in total. The number of ether oxygens (including phenoxy) is 1. The van der Waals surface area contributed by atoms with Crippen molar-refractivity contribution in [1.82, 2.24) is 5.32 Å². The van der Waals surface area contributed by atoms with E-state index in [9.17, 15) is 0 Å². The summed E-state index contributed by atoms with van der Waals surface area (Å²) in [5.74, 6) is 1.64. The van der Waals surface area contributed by atoms with Gasteiger partial charge in [-0.25, -0.2) is 0 Å². The van der Waals surface area contributed by atoms with E-state index in [1.807, 2.05) is 13.1 Å². The fourth-order valence-corrected chi connectivity index (χ4v) is 1.97. The van der Waals surface area contributed by atoms with Gasteiger partial charge in [-0.2, -0.15) is 0 Å². The Balaban J connectivity index is 2.65.